The fraction of sp³-hybridized carbons (Fsp3) is 0.136. The van der Waals surface area contributed by atoms with Crippen molar-refractivity contribution in [1.29, 1.82) is 0 Å². The van der Waals surface area contributed by atoms with Gasteiger partial charge in [-0.1, -0.05) is 23.2 Å². The molecule has 0 unspecified atom stereocenters. The Morgan fingerprint density at radius 1 is 0.806 bits per heavy atom. The largest absolute Gasteiger partial charge is 0.478 e. The molecular formula is C22H20Cl2N2O4S. The van der Waals surface area contributed by atoms with Gasteiger partial charge >= 0.3 is 0 Å². The molecule has 0 saturated heterocycles. The first-order chi connectivity index (χ1) is 14.5. The molecule has 1 amide bonds. The Bertz CT molecular complexity index is 1160. The quantitative estimate of drug-likeness (QED) is 0.463. The zero-order valence-electron chi connectivity index (χ0n) is 16.7. The third-order valence-corrected chi connectivity index (χ3v) is 6.15. The van der Waals surface area contributed by atoms with E-state index in [0.717, 1.165) is 0 Å². The van der Waals surface area contributed by atoms with Gasteiger partial charge in [0.05, 0.1) is 4.90 Å². The van der Waals surface area contributed by atoms with Gasteiger partial charge in [0.1, 0.15) is 5.75 Å². The molecule has 0 aliphatic carbocycles. The Morgan fingerprint density at radius 2 is 1.29 bits per heavy atom. The summed E-state index contributed by atoms with van der Waals surface area (Å²) in [5.41, 5.74) is -0.347. The first kappa shape index (κ1) is 22.9. The minimum absolute atomic E-state index is 0.0529. The number of nitrogens with one attached hydrogen (secondary N) is 2. The molecule has 3 aromatic carbocycles. The van der Waals surface area contributed by atoms with E-state index in [1.165, 1.54) is 24.3 Å². The lowest BCUT2D eigenvalue weighted by atomic mass is 10.1. The van der Waals surface area contributed by atoms with Gasteiger partial charge in [-0.15, -0.1) is 0 Å². The first-order valence-electron chi connectivity index (χ1n) is 9.20. The molecule has 0 aliphatic rings. The molecule has 0 spiro atoms. The lowest BCUT2D eigenvalue weighted by molar-refractivity contribution is -0.128. The number of hydrogen-bond donors (Lipinski definition) is 2. The molecule has 0 heterocycles. The summed E-state index contributed by atoms with van der Waals surface area (Å²) in [5.74, 6) is 0.108. The number of carbonyl (C=O) groups excluding carboxylic acids is 1. The number of amides is 1. The summed E-state index contributed by atoms with van der Waals surface area (Å²) in [5, 5.41) is 3.80. The van der Waals surface area contributed by atoms with Gasteiger partial charge < -0.3 is 10.1 Å². The highest BCUT2D eigenvalue weighted by atomic mass is 35.5. The lowest BCUT2D eigenvalue weighted by Gasteiger charge is -2.25. The second-order valence-electron chi connectivity index (χ2n) is 7.16. The third kappa shape index (κ3) is 6.13. The topological polar surface area (TPSA) is 84.5 Å². The average molecular weight is 479 g/mol. The second kappa shape index (κ2) is 9.18. The Kier molecular flexibility index (Phi) is 6.79. The number of halogens is 2. The van der Waals surface area contributed by atoms with Crippen molar-refractivity contribution < 1.29 is 17.9 Å². The number of sulfonamides is 1. The van der Waals surface area contributed by atoms with Crippen LogP contribution in [0.15, 0.2) is 77.7 Å². The van der Waals surface area contributed by atoms with Crippen LogP contribution in [0.1, 0.15) is 13.8 Å². The van der Waals surface area contributed by atoms with E-state index >= 15 is 0 Å². The predicted octanol–water partition coefficient (Wildman–Crippen LogP) is 5.59. The van der Waals surface area contributed by atoms with Crippen molar-refractivity contribution >= 4 is 50.5 Å². The molecule has 3 aromatic rings. The number of carbonyl (C=O) groups is 1. The SMILES string of the molecule is CC(C)(Oc1ccc(Cl)cc1)C(=O)Nc1ccc(S(=O)(=O)Nc2ccc(Cl)cc2)cc1. The molecular weight excluding hydrogens is 459 g/mol. The van der Waals surface area contributed by atoms with Gasteiger partial charge in [0.2, 0.25) is 0 Å². The van der Waals surface area contributed by atoms with E-state index in [2.05, 4.69) is 10.0 Å². The number of benzene rings is 3. The normalized spacial score (nSPS) is 11.6. The van der Waals surface area contributed by atoms with Crippen LogP contribution in [0.3, 0.4) is 0 Å². The molecule has 31 heavy (non-hydrogen) atoms. The summed E-state index contributed by atoms with van der Waals surface area (Å²) in [6, 6.07) is 18.8. The minimum Gasteiger partial charge on any atom is -0.478 e. The van der Waals surface area contributed by atoms with Gasteiger partial charge in [-0.3, -0.25) is 9.52 Å². The lowest BCUT2D eigenvalue weighted by Crippen LogP contribution is -2.42. The van der Waals surface area contributed by atoms with Crippen molar-refractivity contribution in [3.05, 3.63) is 82.8 Å². The van der Waals surface area contributed by atoms with E-state index in [-0.39, 0.29) is 4.90 Å². The summed E-state index contributed by atoms with van der Waals surface area (Å²) in [6.45, 7) is 3.26. The van der Waals surface area contributed by atoms with E-state index in [1.807, 2.05) is 0 Å². The Hall–Kier alpha value is -2.74. The fourth-order valence-electron chi connectivity index (χ4n) is 2.57. The van der Waals surface area contributed by atoms with Crippen LogP contribution in [-0.4, -0.2) is 19.9 Å². The van der Waals surface area contributed by atoms with E-state index in [4.69, 9.17) is 27.9 Å². The van der Waals surface area contributed by atoms with Crippen LogP contribution in [0.2, 0.25) is 10.0 Å². The summed E-state index contributed by atoms with van der Waals surface area (Å²) < 4.78 is 33.3. The molecule has 0 bridgehead atoms. The molecule has 6 nitrogen and oxygen atoms in total. The molecule has 0 radical (unpaired) electrons. The summed E-state index contributed by atoms with van der Waals surface area (Å²) >= 11 is 11.7. The number of rotatable bonds is 7. The highest BCUT2D eigenvalue weighted by Crippen LogP contribution is 2.23. The van der Waals surface area contributed by atoms with Gasteiger partial charge in [-0.05, 0) is 86.6 Å². The molecule has 0 aromatic heterocycles. The number of ether oxygens (including phenoxy) is 1. The van der Waals surface area contributed by atoms with Crippen molar-refractivity contribution in [2.75, 3.05) is 10.0 Å². The minimum atomic E-state index is -3.79. The van der Waals surface area contributed by atoms with Crippen LogP contribution in [0.25, 0.3) is 0 Å². The molecule has 2 N–H and O–H groups in total. The van der Waals surface area contributed by atoms with Gasteiger partial charge in [-0.2, -0.15) is 0 Å². The van der Waals surface area contributed by atoms with Crippen LogP contribution >= 0.6 is 23.2 Å². The van der Waals surface area contributed by atoms with Crippen LogP contribution in [0.4, 0.5) is 11.4 Å². The van der Waals surface area contributed by atoms with Crippen molar-refractivity contribution in [2.45, 2.75) is 24.3 Å². The van der Waals surface area contributed by atoms with Crippen LogP contribution in [-0.2, 0) is 14.8 Å². The second-order valence-corrected chi connectivity index (χ2v) is 9.71. The first-order valence-corrected chi connectivity index (χ1v) is 11.4. The van der Waals surface area contributed by atoms with Crippen LogP contribution < -0.4 is 14.8 Å². The number of anilines is 2. The highest BCUT2D eigenvalue weighted by molar-refractivity contribution is 7.92. The average Bonchev–Trinajstić information content (AvgIpc) is 2.71. The smallest absolute Gasteiger partial charge is 0.267 e. The fourth-order valence-corrected chi connectivity index (χ4v) is 3.89. The molecule has 0 saturated carbocycles. The Labute approximate surface area is 191 Å². The molecule has 3 rings (SSSR count). The Balaban J connectivity index is 1.67. The maximum atomic E-state index is 12.7. The predicted molar refractivity (Wildman–Crippen MR) is 123 cm³/mol. The van der Waals surface area contributed by atoms with Gasteiger partial charge in [-0.25, -0.2) is 8.42 Å². The Morgan fingerprint density at radius 3 is 1.84 bits per heavy atom. The van der Waals surface area contributed by atoms with Gasteiger partial charge in [0.25, 0.3) is 15.9 Å². The maximum absolute atomic E-state index is 12.7. The monoisotopic (exact) mass is 478 g/mol. The van der Waals surface area contributed by atoms with E-state index in [9.17, 15) is 13.2 Å². The number of hydrogen-bond acceptors (Lipinski definition) is 4. The zero-order chi connectivity index (χ0) is 22.6. The molecule has 0 atom stereocenters. The van der Waals surface area contributed by atoms with Crippen molar-refractivity contribution in [3.63, 3.8) is 0 Å². The highest BCUT2D eigenvalue weighted by Gasteiger charge is 2.30. The molecule has 9 heteroatoms. The van der Waals surface area contributed by atoms with E-state index in [0.29, 0.717) is 27.2 Å². The molecule has 162 valence electrons. The van der Waals surface area contributed by atoms with Crippen molar-refractivity contribution in [2.24, 2.45) is 0 Å². The van der Waals surface area contributed by atoms with Crippen molar-refractivity contribution in [1.82, 2.24) is 0 Å². The van der Waals surface area contributed by atoms with Gasteiger partial charge in [0.15, 0.2) is 5.60 Å². The van der Waals surface area contributed by atoms with Crippen LogP contribution in [0, 0.1) is 0 Å². The summed E-state index contributed by atoms with van der Waals surface area (Å²) in [6.07, 6.45) is 0. The van der Waals surface area contributed by atoms with Crippen molar-refractivity contribution in [3.8, 4) is 5.75 Å². The standard InChI is InChI=1S/C22H20Cl2N2O4S/c1-22(2,30-19-11-5-16(24)6-12-19)21(27)25-17-9-13-20(14-10-17)31(28,29)26-18-7-3-15(23)4-8-18/h3-14,26H,1-2H3,(H,25,27). The van der Waals surface area contributed by atoms with E-state index in [1.54, 1.807) is 62.4 Å². The third-order valence-electron chi connectivity index (χ3n) is 4.25. The summed E-state index contributed by atoms with van der Waals surface area (Å²) in [7, 11) is -3.79. The molecule has 0 fully saturated rings. The van der Waals surface area contributed by atoms with E-state index < -0.39 is 21.5 Å². The molecule has 0 aliphatic heterocycles. The zero-order valence-corrected chi connectivity index (χ0v) is 19.1. The van der Waals surface area contributed by atoms with Crippen LogP contribution in [0.5, 0.6) is 5.75 Å². The summed E-state index contributed by atoms with van der Waals surface area (Å²) in [4.78, 5) is 12.7. The van der Waals surface area contributed by atoms with Gasteiger partial charge in [0, 0.05) is 21.4 Å². The maximum Gasteiger partial charge on any atom is 0.267 e.